The topological polar surface area (TPSA) is 83.8 Å². The minimum Gasteiger partial charge on any atom is -0.481 e. The van der Waals surface area contributed by atoms with Crippen molar-refractivity contribution >= 4 is 11.9 Å². The maximum atomic E-state index is 10.7. The molecule has 0 aromatic rings. The second-order valence-corrected chi connectivity index (χ2v) is 6.54. The number of rotatable bonds is 16. The Morgan fingerprint density at radius 2 is 1.19 bits per heavy atom. The number of carbonyl (C=O) groups is 2. The van der Waals surface area contributed by atoms with E-state index in [2.05, 4.69) is 24.0 Å². The molecule has 0 rings (SSSR count). The summed E-state index contributed by atoms with van der Waals surface area (Å²) >= 11 is 0. The van der Waals surface area contributed by atoms with E-state index < -0.39 is 11.9 Å². The Morgan fingerprint density at radius 1 is 0.778 bits per heavy atom. The molecule has 5 nitrogen and oxygen atoms in total. The van der Waals surface area contributed by atoms with E-state index >= 15 is 0 Å². The number of carboxylic acid groups (broad SMARTS) is 1. The molecule has 0 unspecified atom stereocenters. The van der Waals surface area contributed by atoms with Gasteiger partial charge in [-0.15, -0.1) is 0 Å². The van der Waals surface area contributed by atoms with Crippen LogP contribution in [0.3, 0.4) is 0 Å². The summed E-state index contributed by atoms with van der Waals surface area (Å²) in [4.78, 5) is 23.7. The van der Waals surface area contributed by atoms with E-state index in [1.54, 1.807) is 6.92 Å². The molecule has 0 fully saturated rings. The van der Waals surface area contributed by atoms with Gasteiger partial charge in [0.1, 0.15) is 0 Å². The van der Waals surface area contributed by atoms with Gasteiger partial charge in [-0.2, -0.15) is 5.26 Å². The van der Waals surface area contributed by atoms with Crippen LogP contribution in [0, 0.1) is 41.7 Å². The smallest absolute Gasteiger partial charge is 0.342 e. The van der Waals surface area contributed by atoms with Crippen LogP contribution in [-0.2, 0) is 14.5 Å². The fourth-order valence-electron chi connectivity index (χ4n) is 2.39. The first kappa shape index (κ1) is 31.7. The molecule has 6 heteroatoms. The molecule has 0 aromatic carbocycles. The summed E-state index contributed by atoms with van der Waals surface area (Å²) in [6.07, 6.45) is 21.3. The monoisotopic (exact) mass is 512 g/mol. The number of unbranched alkanes of at least 4 members (excludes halogenated alkanes) is 11. The third-order valence-electron chi connectivity index (χ3n) is 4.05. The third-order valence-corrected chi connectivity index (χ3v) is 4.05. The molecule has 0 aliphatic rings. The third kappa shape index (κ3) is 34.0. The molecule has 0 bridgehead atoms. The van der Waals surface area contributed by atoms with Crippen LogP contribution in [0.4, 0.5) is 0 Å². The summed E-state index contributed by atoms with van der Waals surface area (Å²) in [5.74, 6) is -1.27. The van der Waals surface area contributed by atoms with Crippen LogP contribution in [0.1, 0.15) is 110 Å². The van der Waals surface area contributed by atoms with E-state index in [0.717, 1.165) is 19.3 Å². The first-order valence-electron chi connectivity index (χ1n) is 10.3. The second kappa shape index (κ2) is 28.2. The minimum atomic E-state index is -0.745. The predicted molar refractivity (Wildman–Crippen MR) is 106 cm³/mol. The van der Waals surface area contributed by atoms with Crippen LogP contribution in [0.5, 0.6) is 0 Å². The summed E-state index contributed by atoms with van der Waals surface area (Å²) in [7, 11) is 0. The summed E-state index contributed by atoms with van der Waals surface area (Å²) in [6.45, 7) is 3.86. The average molecular weight is 513 g/mol. The molecule has 0 radical (unpaired) electrons. The van der Waals surface area contributed by atoms with Crippen molar-refractivity contribution in [3.05, 3.63) is 12.2 Å². The zero-order chi connectivity index (χ0) is 19.9. The first-order valence-corrected chi connectivity index (χ1v) is 10.3. The molecule has 0 spiro atoms. The van der Waals surface area contributed by atoms with E-state index in [9.17, 15) is 9.59 Å². The number of aliphatic carboxylic acids is 1. The first-order chi connectivity index (χ1) is 12.6. The number of carboxylic acids is 1. The van der Waals surface area contributed by atoms with Crippen molar-refractivity contribution in [1.82, 2.24) is 0 Å². The normalized spacial score (nSPS) is 10.0. The SMILES string of the molecule is CCC(=O)O.CCCCCCCC/C=C\CCCCCCCC(=O)OO.[Ce]. The average Bonchev–Trinajstić information content (AvgIpc) is 2.65. The molecule has 0 atom stereocenters. The van der Waals surface area contributed by atoms with Gasteiger partial charge in [0.05, 0.1) is 0 Å². The van der Waals surface area contributed by atoms with Crippen molar-refractivity contribution in [3.8, 4) is 0 Å². The van der Waals surface area contributed by atoms with Crippen molar-refractivity contribution in [3.63, 3.8) is 0 Å². The largest absolute Gasteiger partial charge is 0.481 e. The Kier molecular flexibility index (Phi) is 33.1. The Balaban J connectivity index is -0.000000844. The van der Waals surface area contributed by atoms with Gasteiger partial charge in [0, 0.05) is 54.6 Å². The summed E-state index contributed by atoms with van der Waals surface area (Å²) in [5.41, 5.74) is 0. The Bertz CT molecular complexity index is 345. The van der Waals surface area contributed by atoms with Crippen LogP contribution >= 0.6 is 0 Å². The van der Waals surface area contributed by atoms with Crippen LogP contribution in [-0.4, -0.2) is 22.3 Å². The number of allylic oxidation sites excluding steroid dienone is 2. The number of carbonyl (C=O) groups excluding carboxylic acids is 1. The Labute approximate surface area is 199 Å². The molecule has 0 saturated carbocycles. The van der Waals surface area contributed by atoms with Gasteiger partial charge in [0.2, 0.25) is 0 Å². The van der Waals surface area contributed by atoms with Crippen LogP contribution < -0.4 is 0 Å². The maximum Gasteiger partial charge on any atom is 0.342 e. The molecule has 0 aromatic heterocycles. The molecule has 0 heterocycles. The zero-order valence-electron chi connectivity index (χ0n) is 17.4. The Morgan fingerprint density at radius 3 is 1.59 bits per heavy atom. The minimum absolute atomic E-state index is 0. The number of hydrogen-bond donors (Lipinski definition) is 2. The quantitative estimate of drug-likeness (QED) is 0.106. The standard InChI is InChI=1S/C18H34O3.C3H6O2.Ce/c1-2-3-4-5-6-7-8-9-10-11-12-13-14-15-16-17-18(19)21-20;1-2-3(4)5;/h9-10,20H,2-8,11-17H2,1H3;2H2,1H3,(H,4,5);/b10-9-;;. The van der Waals surface area contributed by atoms with E-state index in [0.29, 0.717) is 6.42 Å². The molecule has 0 amide bonds. The van der Waals surface area contributed by atoms with Crippen molar-refractivity contribution in [2.45, 2.75) is 110 Å². The summed E-state index contributed by atoms with van der Waals surface area (Å²) in [6, 6.07) is 0. The van der Waals surface area contributed by atoms with E-state index in [-0.39, 0.29) is 48.2 Å². The van der Waals surface area contributed by atoms with Crippen molar-refractivity contribution in [2.24, 2.45) is 0 Å². The van der Waals surface area contributed by atoms with Crippen molar-refractivity contribution in [2.75, 3.05) is 0 Å². The molecule has 0 saturated heterocycles. The molecular weight excluding hydrogens is 472 g/mol. The van der Waals surface area contributed by atoms with E-state index in [4.69, 9.17) is 10.4 Å². The van der Waals surface area contributed by atoms with Gasteiger partial charge in [-0.05, 0) is 32.1 Å². The molecule has 0 aliphatic carbocycles. The van der Waals surface area contributed by atoms with Gasteiger partial charge in [-0.3, -0.25) is 4.79 Å². The predicted octanol–water partition coefficient (Wildman–Crippen LogP) is 6.52. The fourth-order valence-corrected chi connectivity index (χ4v) is 2.39. The summed E-state index contributed by atoms with van der Waals surface area (Å²) in [5, 5.41) is 15.8. The maximum absolute atomic E-state index is 10.7. The molecular formula is C21H40CeO5. The van der Waals surface area contributed by atoms with E-state index in [1.165, 1.54) is 64.2 Å². The van der Waals surface area contributed by atoms with Crippen LogP contribution in [0.25, 0.3) is 0 Å². The van der Waals surface area contributed by atoms with Gasteiger partial charge in [-0.1, -0.05) is 77.4 Å². The van der Waals surface area contributed by atoms with Gasteiger partial charge in [-0.25, -0.2) is 4.79 Å². The molecule has 0 aliphatic heterocycles. The molecule has 27 heavy (non-hydrogen) atoms. The van der Waals surface area contributed by atoms with Gasteiger partial charge in [0.25, 0.3) is 0 Å². The summed E-state index contributed by atoms with van der Waals surface area (Å²) < 4.78 is 0. The molecule has 158 valence electrons. The number of hydrogen-bond acceptors (Lipinski definition) is 4. The second-order valence-electron chi connectivity index (χ2n) is 6.54. The van der Waals surface area contributed by atoms with Gasteiger partial charge < -0.3 is 9.99 Å². The van der Waals surface area contributed by atoms with Gasteiger partial charge >= 0.3 is 11.9 Å². The zero-order valence-corrected chi connectivity index (χ0v) is 20.5. The van der Waals surface area contributed by atoms with Crippen molar-refractivity contribution in [1.29, 1.82) is 0 Å². The van der Waals surface area contributed by atoms with E-state index in [1.807, 2.05) is 0 Å². The van der Waals surface area contributed by atoms with Crippen molar-refractivity contribution < 1.29 is 66.6 Å². The fraction of sp³-hybridized carbons (Fsp3) is 0.810. The van der Waals surface area contributed by atoms with Gasteiger partial charge in [0.15, 0.2) is 0 Å². The molecule has 2 N–H and O–H groups in total. The van der Waals surface area contributed by atoms with Crippen LogP contribution in [0.15, 0.2) is 12.2 Å². The Hall–Kier alpha value is 0.0166. The van der Waals surface area contributed by atoms with Crippen LogP contribution in [0.2, 0.25) is 0 Å².